The molecule has 0 aromatic carbocycles. The normalized spacial score (nSPS) is 26.9. The molecule has 2 saturated heterocycles. The van der Waals surface area contributed by atoms with Gasteiger partial charge in [0.05, 0.1) is 0 Å². The van der Waals surface area contributed by atoms with Gasteiger partial charge in [-0.15, -0.1) is 0 Å². The Labute approximate surface area is 162 Å². The van der Waals surface area contributed by atoms with Gasteiger partial charge in [0.15, 0.2) is 0 Å². The van der Waals surface area contributed by atoms with Crippen LogP contribution in [0.25, 0.3) is 0 Å². The van der Waals surface area contributed by atoms with Crippen LogP contribution in [0.5, 0.6) is 0 Å². The lowest BCUT2D eigenvalue weighted by Gasteiger charge is -2.29. The summed E-state index contributed by atoms with van der Waals surface area (Å²) in [5, 5.41) is 2.34. The Morgan fingerprint density at radius 1 is 1.11 bits per heavy atom. The lowest BCUT2D eigenvalue weighted by Crippen LogP contribution is -2.52. The maximum absolute atomic E-state index is 12.9. The molecule has 148 valence electrons. The third-order valence-corrected chi connectivity index (χ3v) is 5.57. The first kappa shape index (κ1) is 21.1. The molecule has 0 spiro atoms. The summed E-state index contributed by atoms with van der Waals surface area (Å²) >= 11 is 0. The van der Waals surface area contributed by atoms with Crippen molar-refractivity contribution >= 4 is 17.7 Å². The molecule has 0 aromatic heterocycles. The molecule has 3 rings (SSSR count). The molecule has 5 nitrogen and oxygen atoms in total. The van der Waals surface area contributed by atoms with Gasteiger partial charge in [0.1, 0.15) is 6.04 Å². The predicted octanol–water partition coefficient (Wildman–Crippen LogP) is 3.67. The van der Waals surface area contributed by atoms with Crippen LogP contribution < -0.4 is 5.32 Å². The number of nitrogens with one attached hydrogen (secondary N) is 1. The topological polar surface area (TPSA) is 66.5 Å². The molecule has 1 N–H and O–H groups in total. The number of hydrogen-bond acceptors (Lipinski definition) is 3. The summed E-state index contributed by atoms with van der Waals surface area (Å²) in [6, 6.07) is -0.561. The number of piperidine rings is 1. The van der Waals surface area contributed by atoms with Crippen LogP contribution in [-0.2, 0) is 14.4 Å². The second kappa shape index (κ2) is 9.67. The summed E-state index contributed by atoms with van der Waals surface area (Å²) < 4.78 is 0. The van der Waals surface area contributed by atoms with E-state index in [1.54, 1.807) is 4.90 Å². The minimum absolute atomic E-state index is 0.125. The minimum Gasteiger partial charge on any atom is -0.322 e. The van der Waals surface area contributed by atoms with Crippen molar-refractivity contribution in [3.05, 3.63) is 35.5 Å². The van der Waals surface area contributed by atoms with E-state index in [4.69, 9.17) is 0 Å². The van der Waals surface area contributed by atoms with Crippen molar-refractivity contribution in [3.63, 3.8) is 0 Å². The Bertz CT molecular complexity index is 669. The molecule has 1 atom stereocenters. The molecular formula is C22H32N2O3. The fraction of sp³-hybridized carbons (Fsp3) is 0.591. The van der Waals surface area contributed by atoms with Gasteiger partial charge in [0, 0.05) is 18.5 Å². The second-order valence-electron chi connectivity index (χ2n) is 7.18. The molecule has 1 saturated carbocycles. The van der Waals surface area contributed by atoms with E-state index >= 15 is 0 Å². The maximum Gasteiger partial charge on any atom is 0.255 e. The third kappa shape index (κ3) is 4.76. The van der Waals surface area contributed by atoms with E-state index in [0.717, 1.165) is 24.0 Å². The average Bonchev–Trinajstić information content (AvgIpc) is 3.00. The van der Waals surface area contributed by atoms with Crippen molar-refractivity contribution < 1.29 is 14.4 Å². The highest BCUT2D eigenvalue weighted by Crippen LogP contribution is 2.33. The van der Waals surface area contributed by atoms with Gasteiger partial charge in [-0.05, 0) is 43.8 Å². The van der Waals surface area contributed by atoms with Gasteiger partial charge in [-0.2, -0.15) is 0 Å². The minimum atomic E-state index is -0.561. The highest BCUT2D eigenvalue weighted by molar-refractivity contribution is 6.07. The summed E-state index contributed by atoms with van der Waals surface area (Å²) in [6.07, 6.45) is 10.5. The van der Waals surface area contributed by atoms with E-state index < -0.39 is 6.04 Å². The van der Waals surface area contributed by atoms with Gasteiger partial charge < -0.3 is 4.90 Å². The number of nitrogens with zero attached hydrogens (tertiary/aromatic N) is 1. The van der Waals surface area contributed by atoms with Crippen molar-refractivity contribution in [2.45, 2.75) is 71.8 Å². The Kier molecular flexibility index (Phi) is 7.57. The summed E-state index contributed by atoms with van der Waals surface area (Å²) in [5.74, 6) is -0.302. The summed E-state index contributed by atoms with van der Waals surface area (Å²) in [6.45, 7) is 10.5. The zero-order valence-corrected chi connectivity index (χ0v) is 16.8. The molecule has 0 bridgehead atoms. The SMILES string of the molecule is C=C(/C=C1/C(=O)N(C2CCC(=O)NC2=O)C/C1=C/C)C1CCCCC1.CC. The Balaban J connectivity index is 0.00000126. The molecule has 2 aliphatic heterocycles. The Hall–Kier alpha value is -2.17. The molecule has 27 heavy (non-hydrogen) atoms. The number of carbonyl (C=O) groups is 3. The van der Waals surface area contributed by atoms with Crippen LogP contribution in [0.15, 0.2) is 35.5 Å². The number of allylic oxidation sites excluding steroid dienone is 3. The third-order valence-electron chi connectivity index (χ3n) is 5.57. The van der Waals surface area contributed by atoms with Crippen LogP contribution in [0.3, 0.4) is 0 Å². The lowest BCUT2D eigenvalue weighted by atomic mass is 9.83. The highest BCUT2D eigenvalue weighted by Gasteiger charge is 2.40. The molecule has 3 amide bonds. The van der Waals surface area contributed by atoms with Crippen LogP contribution in [0, 0.1) is 5.92 Å². The number of carbonyl (C=O) groups excluding carboxylic acids is 3. The van der Waals surface area contributed by atoms with Gasteiger partial charge in [0.2, 0.25) is 11.8 Å². The molecule has 1 aliphatic carbocycles. The molecular weight excluding hydrogens is 340 g/mol. The number of likely N-dealkylation sites (tertiary alicyclic amines) is 1. The first-order chi connectivity index (χ1) is 13.0. The standard InChI is InChI=1S/C20H26N2O3.C2H6/c1-3-14-12-22(17-9-10-18(23)21-19(17)24)20(25)16(14)11-13(2)15-7-5-4-6-8-15;1-2/h3,11,15,17H,2,4-10,12H2,1H3,(H,21,23,24);1-2H3/b14-3-,16-11+;. The molecule has 1 unspecified atom stereocenters. The quantitative estimate of drug-likeness (QED) is 0.607. The van der Waals surface area contributed by atoms with Crippen molar-refractivity contribution in [3.8, 4) is 0 Å². The summed E-state index contributed by atoms with van der Waals surface area (Å²) in [4.78, 5) is 38.0. The fourth-order valence-corrected chi connectivity index (χ4v) is 4.04. The van der Waals surface area contributed by atoms with E-state index in [1.807, 2.05) is 32.9 Å². The Morgan fingerprint density at radius 3 is 2.37 bits per heavy atom. The van der Waals surface area contributed by atoms with E-state index in [2.05, 4.69) is 11.9 Å². The van der Waals surface area contributed by atoms with Gasteiger partial charge in [-0.3, -0.25) is 19.7 Å². The number of rotatable bonds is 3. The second-order valence-corrected chi connectivity index (χ2v) is 7.18. The molecule has 2 heterocycles. The van der Waals surface area contributed by atoms with Crippen molar-refractivity contribution in [1.29, 1.82) is 0 Å². The molecule has 3 fully saturated rings. The average molecular weight is 373 g/mol. The fourth-order valence-electron chi connectivity index (χ4n) is 4.04. The monoisotopic (exact) mass is 372 g/mol. The van der Waals surface area contributed by atoms with Crippen LogP contribution in [0.1, 0.15) is 65.7 Å². The molecule has 0 aromatic rings. The lowest BCUT2D eigenvalue weighted by molar-refractivity contribution is -0.142. The van der Waals surface area contributed by atoms with Crippen LogP contribution in [0.2, 0.25) is 0 Å². The van der Waals surface area contributed by atoms with Crippen LogP contribution in [0.4, 0.5) is 0 Å². The van der Waals surface area contributed by atoms with Crippen LogP contribution in [-0.4, -0.2) is 35.2 Å². The number of amides is 3. The largest absolute Gasteiger partial charge is 0.322 e. The molecule has 5 heteroatoms. The maximum atomic E-state index is 12.9. The first-order valence-electron chi connectivity index (χ1n) is 10.2. The van der Waals surface area contributed by atoms with Gasteiger partial charge >= 0.3 is 0 Å². The van der Waals surface area contributed by atoms with Crippen molar-refractivity contribution in [2.75, 3.05) is 6.54 Å². The molecule has 3 aliphatic rings. The van der Waals surface area contributed by atoms with E-state index in [9.17, 15) is 14.4 Å². The van der Waals surface area contributed by atoms with E-state index in [1.165, 1.54) is 19.3 Å². The van der Waals surface area contributed by atoms with E-state index in [0.29, 0.717) is 24.5 Å². The van der Waals surface area contributed by atoms with Gasteiger partial charge in [0.25, 0.3) is 5.91 Å². The van der Waals surface area contributed by atoms with Gasteiger partial charge in [-0.1, -0.05) is 51.3 Å². The van der Waals surface area contributed by atoms with Crippen molar-refractivity contribution in [2.24, 2.45) is 5.92 Å². The van der Waals surface area contributed by atoms with Gasteiger partial charge in [-0.25, -0.2) is 0 Å². The molecule has 0 radical (unpaired) electrons. The highest BCUT2D eigenvalue weighted by atomic mass is 16.2. The number of imide groups is 1. The summed E-state index contributed by atoms with van der Waals surface area (Å²) in [5.41, 5.74) is 2.61. The first-order valence-corrected chi connectivity index (χ1v) is 10.2. The summed E-state index contributed by atoms with van der Waals surface area (Å²) in [7, 11) is 0. The predicted molar refractivity (Wildman–Crippen MR) is 107 cm³/mol. The zero-order valence-electron chi connectivity index (χ0n) is 16.8. The van der Waals surface area contributed by atoms with E-state index in [-0.39, 0.29) is 24.1 Å². The Morgan fingerprint density at radius 2 is 1.78 bits per heavy atom. The zero-order chi connectivity index (χ0) is 20.0. The van der Waals surface area contributed by atoms with Crippen molar-refractivity contribution in [1.82, 2.24) is 10.2 Å². The number of hydrogen-bond donors (Lipinski definition) is 1. The smallest absolute Gasteiger partial charge is 0.255 e. The van der Waals surface area contributed by atoms with Crippen LogP contribution >= 0.6 is 0 Å².